The third-order valence-electron chi connectivity index (χ3n) is 2.47. The maximum atomic E-state index is 10.4. The van der Waals surface area contributed by atoms with Crippen LogP contribution >= 0.6 is 0 Å². The van der Waals surface area contributed by atoms with Crippen LogP contribution in [0.4, 0.5) is 0 Å². The topological polar surface area (TPSA) is 57.8 Å². The van der Waals surface area contributed by atoms with Gasteiger partial charge in [-0.3, -0.25) is 9.89 Å². The summed E-state index contributed by atoms with van der Waals surface area (Å²) in [5, 5.41) is 10.1. The molecule has 0 radical (unpaired) electrons. The van der Waals surface area contributed by atoms with Crippen LogP contribution in [0.3, 0.4) is 0 Å². The van der Waals surface area contributed by atoms with E-state index in [1.165, 1.54) is 12.8 Å². The molecule has 0 saturated carbocycles. The second-order valence-electron chi connectivity index (χ2n) is 3.41. The summed E-state index contributed by atoms with van der Waals surface area (Å²) in [6.45, 7) is 2.09. The zero-order valence-corrected chi connectivity index (χ0v) is 7.42. The van der Waals surface area contributed by atoms with E-state index < -0.39 is 0 Å². The number of aromatic nitrogens is 2. The molecule has 1 aromatic rings. The van der Waals surface area contributed by atoms with E-state index in [2.05, 4.69) is 15.5 Å². The van der Waals surface area contributed by atoms with Crippen molar-refractivity contribution in [2.24, 2.45) is 0 Å². The van der Waals surface area contributed by atoms with E-state index in [0.29, 0.717) is 11.6 Å². The second-order valence-corrected chi connectivity index (χ2v) is 3.41. The Bertz CT molecular complexity index is 289. The fourth-order valence-electron chi connectivity index (χ4n) is 1.74. The van der Waals surface area contributed by atoms with E-state index in [0.717, 1.165) is 25.1 Å². The molecule has 13 heavy (non-hydrogen) atoms. The van der Waals surface area contributed by atoms with Gasteiger partial charge in [0.15, 0.2) is 6.29 Å². The molecule has 70 valence electrons. The molecule has 1 aliphatic rings. The number of H-pyrrole nitrogens is 1. The molecule has 1 saturated heterocycles. The lowest BCUT2D eigenvalue weighted by molar-refractivity contribution is 0.111. The van der Waals surface area contributed by atoms with Crippen molar-refractivity contribution >= 4 is 6.29 Å². The molecule has 0 spiro atoms. The number of aromatic amines is 1. The lowest BCUT2D eigenvalue weighted by atomic mass is 9.96. The highest BCUT2D eigenvalue weighted by Gasteiger charge is 2.16. The van der Waals surface area contributed by atoms with E-state index in [4.69, 9.17) is 0 Å². The summed E-state index contributed by atoms with van der Waals surface area (Å²) >= 11 is 0. The third kappa shape index (κ3) is 1.78. The predicted molar refractivity (Wildman–Crippen MR) is 48.8 cm³/mol. The first-order valence-corrected chi connectivity index (χ1v) is 4.61. The number of piperidine rings is 1. The molecular weight excluding hydrogens is 166 g/mol. The van der Waals surface area contributed by atoms with Gasteiger partial charge in [-0.25, -0.2) is 0 Å². The van der Waals surface area contributed by atoms with Crippen molar-refractivity contribution in [2.45, 2.75) is 18.8 Å². The lowest BCUT2D eigenvalue weighted by Crippen LogP contribution is -2.28. The number of carbonyl (C=O) groups is 1. The molecule has 1 aromatic heterocycles. The number of hydrogen-bond donors (Lipinski definition) is 2. The smallest absolute Gasteiger partial charge is 0.170 e. The largest absolute Gasteiger partial charge is 0.316 e. The third-order valence-corrected chi connectivity index (χ3v) is 2.47. The zero-order chi connectivity index (χ0) is 9.10. The molecule has 0 amide bonds. The monoisotopic (exact) mass is 179 g/mol. The van der Waals surface area contributed by atoms with Gasteiger partial charge in [0.25, 0.3) is 0 Å². The molecule has 1 aliphatic heterocycles. The van der Waals surface area contributed by atoms with Crippen molar-refractivity contribution in [3.63, 3.8) is 0 Å². The Morgan fingerprint density at radius 3 is 3.15 bits per heavy atom. The Balaban J connectivity index is 2.09. The maximum absolute atomic E-state index is 10.4. The molecule has 0 aliphatic carbocycles. The van der Waals surface area contributed by atoms with Crippen LogP contribution < -0.4 is 5.32 Å². The van der Waals surface area contributed by atoms with Crippen LogP contribution in [-0.4, -0.2) is 29.6 Å². The summed E-state index contributed by atoms with van der Waals surface area (Å²) < 4.78 is 0. The average Bonchev–Trinajstić information content (AvgIpc) is 2.67. The Morgan fingerprint density at radius 2 is 2.54 bits per heavy atom. The number of carbonyl (C=O) groups excluding carboxylic acids is 1. The average molecular weight is 179 g/mol. The summed E-state index contributed by atoms with van der Waals surface area (Å²) in [7, 11) is 0. The zero-order valence-electron chi connectivity index (χ0n) is 7.42. The van der Waals surface area contributed by atoms with Gasteiger partial charge >= 0.3 is 0 Å². The van der Waals surface area contributed by atoms with Gasteiger partial charge in [0.2, 0.25) is 0 Å². The summed E-state index contributed by atoms with van der Waals surface area (Å²) in [6.07, 6.45) is 3.14. The summed E-state index contributed by atoms with van der Waals surface area (Å²) in [4.78, 5) is 10.4. The first-order chi connectivity index (χ1) is 6.40. The number of nitrogens with zero attached hydrogens (tertiary/aromatic N) is 1. The normalized spacial score (nSPS) is 22.9. The number of nitrogens with one attached hydrogen (secondary N) is 2. The van der Waals surface area contributed by atoms with Gasteiger partial charge in [-0.15, -0.1) is 0 Å². The Kier molecular flexibility index (Phi) is 2.40. The number of aldehydes is 1. The highest BCUT2D eigenvalue weighted by molar-refractivity contribution is 5.71. The van der Waals surface area contributed by atoms with Crippen molar-refractivity contribution < 1.29 is 4.79 Å². The van der Waals surface area contributed by atoms with E-state index in [1.54, 1.807) is 0 Å². The van der Waals surface area contributed by atoms with Crippen LogP contribution in [0.5, 0.6) is 0 Å². The van der Waals surface area contributed by atoms with Gasteiger partial charge in [0.05, 0.1) is 0 Å². The minimum atomic E-state index is 0.495. The highest BCUT2D eigenvalue weighted by Crippen LogP contribution is 2.21. The molecule has 2 heterocycles. The van der Waals surface area contributed by atoms with Crippen LogP contribution in [0.2, 0.25) is 0 Å². The molecule has 1 unspecified atom stereocenters. The number of rotatable bonds is 2. The molecule has 0 aromatic carbocycles. The molecular formula is C9H13N3O. The molecule has 2 rings (SSSR count). The number of hydrogen-bond acceptors (Lipinski definition) is 3. The van der Waals surface area contributed by atoms with Crippen molar-refractivity contribution in [3.05, 3.63) is 17.5 Å². The van der Waals surface area contributed by atoms with Crippen molar-refractivity contribution in [1.29, 1.82) is 0 Å². The van der Waals surface area contributed by atoms with E-state index in [1.807, 2.05) is 6.07 Å². The van der Waals surface area contributed by atoms with Gasteiger partial charge in [-0.05, 0) is 25.5 Å². The predicted octanol–water partition coefficient (Wildman–Crippen LogP) is 0.689. The fourth-order valence-corrected chi connectivity index (χ4v) is 1.74. The first kappa shape index (κ1) is 8.44. The van der Waals surface area contributed by atoms with Gasteiger partial charge in [-0.1, -0.05) is 0 Å². The summed E-state index contributed by atoms with van der Waals surface area (Å²) in [5.74, 6) is 0.495. The maximum Gasteiger partial charge on any atom is 0.170 e. The summed E-state index contributed by atoms with van der Waals surface area (Å²) in [6, 6.07) is 1.84. The van der Waals surface area contributed by atoms with Crippen LogP contribution in [-0.2, 0) is 0 Å². The fraction of sp³-hybridized carbons (Fsp3) is 0.556. The van der Waals surface area contributed by atoms with Crippen molar-refractivity contribution in [3.8, 4) is 0 Å². The Hall–Kier alpha value is -1.16. The second kappa shape index (κ2) is 3.70. The van der Waals surface area contributed by atoms with Crippen LogP contribution in [0.1, 0.15) is 34.9 Å². The minimum absolute atomic E-state index is 0.495. The molecule has 1 atom stereocenters. The molecule has 0 bridgehead atoms. The van der Waals surface area contributed by atoms with Crippen LogP contribution in [0.25, 0.3) is 0 Å². The minimum Gasteiger partial charge on any atom is -0.316 e. The molecule has 4 heteroatoms. The standard InChI is InChI=1S/C9H13N3O/c13-6-8-4-9(12-11-8)7-2-1-3-10-5-7/h4,6-7,10H,1-3,5H2,(H,11,12). The Labute approximate surface area is 76.7 Å². The van der Waals surface area contributed by atoms with Crippen molar-refractivity contribution in [2.75, 3.05) is 13.1 Å². The highest BCUT2D eigenvalue weighted by atomic mass is 16.1. The first-order valence-electron chi connectivity index (χ1n) is 4.61. The SMILES string of the molecule is O=Cc1cc(C2CCCNC2)[nH]n1. The lowest BCUT2D eigenvalue weighted by Gasteiger charge is -2.20. The summed E-state index contributed by atoms with van der Waals surface area (Å²) in [5.41, 5.74) is 1.58. The molecule has 2 N–H and O–H groups in total. The van der Waals surface area contributed by atoms with Crippen LogP contribution in [0, 0.1) is 0 Å². The van der Waals surface area contributed by atoms with E-state index in [9.17, 15) is 4.79 Å². The van der Waals surface area contributed by atoms with Gasteiger partial charge < -0.3 is 5.32 Å². The van der Waals surface area contributed by atoms with Crippen molar-refractivity contribution in [1.82, 2.24) is 15.5 Å². The van der Waals surface area contributed by atoms with Crippen LogP contribution in [0.15, 0.2) is 6.07 Å². The van der Waals surface area contributed by atoms with Gasteiger partial charge in [0, 0.05) is 18.2 Å². The Morgan fingerprint density at radius 1 is 1.62 bits per heavy atom. The van der Waals surface area contributed by atoms with Gasteiger partial charge in [0.1, 0.15) is 5.69 Å². The van der Waals surface area contributed by atoms with E-state index >= 15 is 0 Å². The molecule has 1 fully saturated rings. The van der Waals surface area contributed by atoms with Gasteiger partial charge in [-0.2, -0.15) is 5.10 Å². The van der Waals surface area contributed by atoms with E-state index in [-0.39, 0.29) is 0 Å². The molecule has 4 nitrogen and oxygen atoms in total. The quantitative estimate of drug-likeness (QED) is 0.657.